The van der Waals surface area contributed by atoms with Gasteiger partial charge in [-0.15, -0.1) is 0 Å². The molecule has 1 saturated carbocycles. The molecular formula is C20H27N3O5. The number of hydrogen-bond donors (Lipinski definition) is 1. The molecule has 8 nitrogen and oxygen atoms in total. The Balaban J connectivity index is 1.84. The molecule has 0 spiro atoms. The molecule has 3 amide bonds. The monoisotopic (exact) mass is 389 g/mol. The van der Waals surface area contributed by atoms with Crippen molar-refractivity contribution in [2.24, 2.45) is 5.92 Å². The van der Waals surface area contributed by atoms with Gasteiger partial charge in [-0.3, -0.25) is 9.69 Å². The van der Waals surface area contributed by atoms with E-state index in [0.717, 1.165) is 12.8 Å². The Morgan fingerprint density at radius 1 is 1.18 bits per heavy atom. The first-order valence-electron chi connectivity index (χ1n) is 9.46. The predicted molar refractivity (Wildman–Crippen MR) is 104 cm³/mol. The van der Waals surface area contributed by atoms with Crippen molar-refractivity contribution in [3.05, 3.63) is 24.3 Å². The molecule has 1 aliphatic heterocycles. The van der Waals surface area contributed by atoms with Crippen LogP contribution in [-0.4, -0.2) is 49.9 Å². The minimum Gasteiger partial charge on any atom is -0.449 e. The van der Waals surface area contributed by atoms with Gasteiger partial charge in [0.05, 0.1) is 24.5 Å². The number of carbonyl (C=O) groups is 3. The minimum absolute atomic E-state index is 0.0388. The summed E-state index contributed by atoms with van der Waals surface area (Å²) in [5.74, 6) is 0.0852. The summed E-state index contributed by atoms with van der Waals surface area (Å²) in [5.41, 5.74) is 0.437. The summed E-state index contributed by atoms with van der Waals surface area (Å²) in [5, 5.41) is 2.59. The Kier molecular flexibility index (Phi) is 5.49. The van der Waals surface area contributed by atoms with E-state index < -0.39 is 23.8 Å². The molecule has 28 heavy (non-hydrogen) atoms. The predicted octanol–water partition coefficient (Wildman–Crippen LogP) is 2.91. The third-order valence-corrected chi connectivity index (χ3v) is 4.58. The number of rotatable bonds is 3. The van der Waals surface area contributed by atoms with Crippen molar-refractivity contribution in [3.8, 4) is 0 Å². The van der Waals surface area contributed by atoms with Crippen molar-refractivity contribution in [1.82, 2.24) is 5.32 Å². The first-order valence-corrected chi connectivity index (χ1v) is 9.46. The lowest BCUT2D eigenvalue weighted by Gasteiger charge is -2.26. The van der Waals surface area contributed by atoms with Gasteiger partial charge < -0.3 is 19.7 Å². The molecule has 0 aromatic heterocycles. The summed E-state index contributed by atoms with van der Waals surface area (Å²) < 4.78 is 10.7. The van der Waals surface area contributed by atoms with E-state index in [4.69, 9.17) is 9.47 Å². The summed E-state index contributed by atoms with van der Waals surface area (Å²) >= 11 is 0. The van der Waals surface area contributed by atoms with Gasteiger partial charge in [0.15, 0.2) is 0 Å². The molecule has 2 aliphatic rings. The van der Waals surface area contributed by atoms with Crippen LogP contribution in [0.3, 0.4) is 0 Å². The number of para-hydroxylation sites is 2. The maximum Gasteiger partial charge on any atom is 0.414 e. The number of likely N-dealkylation sites (N-methyl/N-ethyl adjacent to an activating group) is 1. The lowest BCUT2D eigenvalue weighted by Crippen LogP contribution is -2.53. The maximum atomic E-state index is 12.9. The highest BCUT2D eigenvalue weighted by Crippen LogP contribution is 2.33. The molecule has 1 aliphatic carbocycles. The van der Waals surface area contributed by atoms with Crippen LogP contribution in [0.5, 0.6) is 0 Å². The lowest BCUT2D eigenvalue weighted by molar-refractivity contribution is -0.120. The van der Waals surface area contributed by atoms with E-state index in [2.05, 4.69) is 5.32 Å². The molecule has 1 fully saturated rings. The smallest absolute Gasteiger partial charge is 0.414 e. The fourth-order valence-corrected chi connectivity index (χ4v) is 2.97. The summed E-state index contributed by atoms with van der Waals surface area (Å²) in [6.45, 7) is 5.55. The van der Waals surface area contributed by atoms with E-state index in [1.807, 2.05) is 0 Å². The van der Waals surface area contributed by atoms with Crippen LogP contribution in [0, 0.1) is 5.92 Å². The Morgan fingerprint density at radius 3 is 2.43 bits per heavy atom. The lowest BCUT2D eigenvalue weighted by atomic mass is 10.2. The number of alkyl carbamates (subject to hydrolysis) is 1. The first kappa shape index (κ1) is 20.0. The Bertz CT molecular complexity index is 769. The Morgan fingerprint density at radius 2 is 1.82 bits per heavy atom. The van der Waals surface area contributed by atoms with E-state index in [-0.39, 0.29) is 12.5 Å². The third-order valence-electron chi connectivity index (χ3n) is 4.58. The zero-order valence-corrected chi connectivity index (χ0v) is 16.7. The third kappa shape index (κ3) is 4.74. The molecule has 1 aromatic carbocycles. The molecule has 1 atom stereocenters. The highest BCUT2D eigenvalue weighted by atomic mass is 16.6. The van der Waals surface area contributed by atoms with E-state index in [1.54, 1.807) is 52.1 Å². The molecule has 0 bridgehead atoms. The summed E-state index contributed by atoms with van der Waals surface area (Å²) in [7, 11) is 1.62. The molecule has 1 N–H and O–H groups in total. The quantitative estimate of drug-likeness (QED) is 0.859. The largest absolute Gasteiger partial charge is 0.449 e. The van der Waals surface area contributed by atoms with Gasteiger partial charge in [0.2, 0.25) is 0 Å². The van der Waals surface area contributed by atoms with Gasteiger partial charge in [0.25, 0.3) is 5.91 Å². The standard InChI is InChI=1S/C20H27N3O5/c1-20(2,3)28-18(25)21-14-11-23(19(26)27-12-13-9-10-13)16-8-6-5-7-15(16)22(4)17(14)24/h5-8,13-14H,9-12H2,1-4H3,(H,21,25)/t14-/m0/s1. The van der Waals surface area contributed by atoms with Gasteiger partial charge in [-0.25, -0.2) is 9.59 Å². The molecule has 1 aromatic rings. The van der Waals surface area contributed by atoms with Gasteiger partial charge in [-0.05, 0) is 51.7 Å². The van der Waals surface area contributed by atoms with E-state index in [0.29, 0.717) is 23.9 Å². The van der Waals surface area contributed by atoms with Crippen LogP contribution in [0.2, 0.25) is 0 Å². The van der Waals surface area contributed by atoms with Crippen LogP contribution in [0.1, 0.15) is 33.6 Å². The number of nitrogens with zero attached hydrogens (tertiary/aromatic N) is 2. The summed E-state index contributed by atoms with van der Waals surface area (Å²) in [4.78, 5) is 40.7. The van der Waals surface area contributed by atoms with Gasteiger partial charge in [0, 0.05) is 7.05 Å². The van der Waals surface area contributed by atoms with Gasteiger partial charge >= 0.3 is 12.2 Å². The molecule has 0 radical (unpaired) electrons. The van der Waals surface area contributed by atoms with Crippen molar-refractivity contribution in [2.75, 3.05) is 30.0 Å². The van der Waals surface area contributed by atoms with Crippen molar-refractivity contribution < 1.29 is 23.9 Å². The number of ether oxygens (including phenoxy) is 2. The van der Waals surface area contributed by atoms with Crippen LogP contribution >= 0.6 is 0 Å². The van der Waals surface area contributed by atoms with Crippen molar-refractivity contribution in [3.63, 3.8) is 0 Å². The van der Waals surface area contributed by atoms with Crippen molar-refractivity contribution in [2.45, 2.75) is 45.3 Å². The zero-order valence-electron chi connectivity index (χ0n) is 16.7. The highest BCUT2D eigenvalue weighted by Gasteiger charge is 2.37. The van der Waals surface area contributed by atoms with Gasteiger partial charge in [0.1, 0.15) is 11.6 Å². The minimum atomic E-state index is -0.958. The van der Waals surface area contributed by atoms with E-state index >= 15 is 0 Å². The SMILES string of the molecule is CN1C(=O)[C@@H](NC(=O)OC(C)(C)C)CN(C(=O)OCC2CC2)c2ccccc21. The van der Waals surface area contributed by atoms with Crippen LogP contribution in [-0.2, 0) is 14.3 Å². The fraction of sp³-hybridized carbons (Fsp3) is 0.550. The highest BCUT2D eigenvalue weighted by molar-refractivity contribution is 6.06. The maximum absolute atomic E-state index is 12.9. The number of anilines is 2. The zero-order chi connectivity index (χ0) is 20.5. The number of amides is 3. The second-order valence-corrected chi connectivity index (χ2v) is 8.22. The van der Waals surface area contributed by atoms with Gasteiger partial charge in [-0.2, -0.15) is 0 Å². The normalized spacial score (nSPS) is 19.6. The molecular weight excluding hydrogens is 362 g/mol. The number of fused-ring (bicyclic) bond motifs is 1. The number of carbonyl (C=O) groups excluding carboxylic acids is 3. The van der Waals surface area contributed by atoms with E-state index in [1.165, 1.54) is 9.80 Å². The molecule has 0 unspecified atom stereocenters. The van der Waals surface area contributed by atoms with Crippen molar-refractivity contribution >= 4 is 29.5 Å². The first-order chi connectivity index (χ1) is 13.2. The van der Waals surface area contributed by atoms with Crippen LogP contribution in [0.25, 0.3) is 0 Å². The number of nitrogens with one attached hydrogen (secondary N) is 1. The van der Waals surface area contributed by atoms with Gasteiger partial charge in [-0.1, -0.05) is 12.1 Å². The molecule has 1 heterocycles. The second-order valence-electron chi connectivity index (χ2n) is 8.22. The van der Waals surface area contributed by atoms with Crippen molar-refractivity contribution in [1.29, 1.82) is 0 Å². The number of hydrogen-bond acceptors (Lipinski definition) is 5. The molecule has 3 rings (SSSR count). The van der Waals surface area contributed by atoms with E-state index in [9.17, 15) is 14.4 Å². The fourth-order valence-electron chi connectivity index (χ4n) is 2.97. The average molecular weight is 389 g/mol. The Hall–Kier alpha value is -2.77. The van der Waals surface area contributed by atoms with Crippen LogP contribution in [0.15, 0.2) is 24.3 Å². The molecule has 152 valence electrons. The Labute approximate surface area is 164 Å². The summed E-state index contributed by atoms with van der Waals surface area (Å²) in [6, 6.07) is 6.14. The summed E-state index contributed by atoms with van der Waals surface area (Å²) in [6.07, 6.45) is 0.886. The van der Waals surface area contributed by atoms with Crippen LogP contribution in [0.4, 0.5) is 21.0 Å². The molecule has 8 heteroatoms. The topological polar surface area (TPSA) is 88.2 Å². The number of benzene rings is 1. The van der Waals surface area contributed by atoms with Crippen LogP contribution < -0.4 is 15.1 Å². The molecule has 0 saturated heterocycles. The average Bonchev–Trinajstić information content (AvgIpc) is 3.45. The second kappa shape index (κ2) is 7.69.